The molecule has 2 aromatic rings. The standard InChI is InChI=1S/C12H11ClN4O/c1-7-5-8(2)16-12(15-7)17-11(18)9-3-4-10(13)14-6-9/h3-6H,1-2H3,(H,15,16,17,18). The van der Waals surface area contributed by atoms with Crippen LogP contribution in [0.5, 0.6) is 0 Å². The van der Waals surface area contributed by atoms with Crippen LogP contribution in [0.4, 0.5) is 5.95 Å². The highest BCUT2D eigenvalue weighted by molar-refractivity contribution is 6.29. The Hall–Kier alpha value is -2.01. The minimum Gasteiger partial charge on any atom is -0.290 e. The molecule has 0 aromatic carbocycles. The molecular formula is C12H11ClN4O. The number of carbonyl (C=O) groups is 1. The molecule has 1 amide bonds. The molecule has 2 rings (SSSR count). The molecule has 0 radical (unpaired) electrons. The van der Waals surface area contributed by atoms with Crippen molar-refractivity contribution in [1.29, 1.82) is 0 Å². The molecule has 1 N–H and O–H groups in total. The summed E-state index contributed by atoms with van der Waals surface area (Å²) in [4.78, 5) is 24.0. The van der Waals surface area contributed by atoms with Crippen molar-refractivity contribution in [3.05, 3.63) is 46.5 Å². The van der Waals surface area contributed by atoms with E-state index in [0.29, 0.717) is 10.7 Å². The lowest BCUT2D eigenvalue weighted by atomic mass is 10.3. The largest absolute Gasteiger partial charge is 0.290 e. The molecule has 2 heterocycles. The van der Waals surface area contributed by atoms with Gasteiger partial charge in [0.25, 0.3) is 5.91 Å². The van der Waals surface area contributed by atoms with E-state index in [0.717, 1.165) is 11.4 Å². The fourth-order valence-electron chi connectivity index (χ4n) is 1.47. The first-order valence-electron chi connectivity index (χ1n) is 5.30. The molecule has 5 nitrogen and oxygen atoms in total. The van der Waals surface area contributed by atoms with Gasteiger partial charge in [0, 0.05) is 17.6 Å². The van der Waals surface area contributed by atoms with Crippen molar-refractivity contribution in [2.45, 2.75) is 13.8 Å². The zero-order valence-corrected chi connectivity index (χ0v) is 10.7. The van der Waals surface area contributed by atoms with Gasteiger partial charge in [-0.3, -0.25) is 10.1 Å². The highest BCUT2D eigenvalue weighted by Crippen LogP contribution is 2.08. The summed E-state index contributed by atoms with van der Waals surface area (Å²) in [6.07, 6.45) is 1.40. The number of amides is 1. The SMILES string of the molecule is Cc1cc(C)nc(NC(=O)c2ccc(Cl)nc2)n1. The van der Waals surface area contributed by atoms with Crippen LogP contribution in [0.1, 0.15) is 21.7 Å². The molecule has 0 saturated heterocycles. The van der Waals surface area contributed by atoms with E-state index in [9.17, 15) is 4.79 Å². The van der Waals surface area contributed by atoms with E-state index >= 15 is 0 Å². The number of nitrogens with zero attached hydrogens (tertiary/aromatic N) is 3. The van der Waals surface area contributed by atoms with E-state index in [1.807, 2.05) is 19.9 Å². The zero-order valence-electron chi connectivity index (χ0n) is 9.94. The predicted molar refractivity (Wildman–Crippen MR) is 68.7 cm³/mol. The average Bonchev–Trinajstić information content (AvgIpc) is 2.28. The van der Waals surface area contributed by atoms with Crippen LogP contribution in [-0.2, 0) is 0 Å². The zero-order chi connectivity index (χ0) is 13.1. The fourth-order valence-corrected chi connectivity index (χ4v) is 1.58. The van der Waals surface area contributed by atoms with Gasteiger partial charge in [0.15, 0.2) is 0 Å². The summed E-state index contributed by atoms with van der Waals surface area (Å²) in [6, 6.07) is 4.98. The topological polar surface area (TPSA) is 67.8 Å². The number of rotatable bonds is 2. The minimum atomic E-state index is -0.316. The molecule has 0 bridgehead atoms. The summed E-state index contributed by atoms with van der Waals surface area (Å²) in [5.41, 5.74) is 2.00. The third kappa shape index (κ3) is 3.01. The average molecular weight is 263 g/mol. The van der Waals surface area contributed by atoms with Crippen molar-refractivity contribution >= 4 is 23.5 Å². The summed E-state index contributed by atoms with van der Waals surface area (Å²) in [7, 11) is 0. The fraction of sp³-hybridized carbons (Fsp3) is 0.167. The smallest absolute Gasteiger partial charge is 0.259 e. The molecule has 0 saturated carbocycles. The third-order valence-electron chi connectivity index (χ3n) is 2.20. The van der Waals surface area contributed by atoms with Gasteiger partial charge in [-0.1, -0.05) is 11.6 Å². The minimum absolute atomic E-state index is 0.285. The molecule has 0 aliphatic carbocycles. The van der Waals surface area contributed by atoms with Crippen molar-refractivity contribution in [3.63, 3.8) is 0 Å². The Morgan fingerprint density at radius 1 is 1.22 bits per heavy atom. The number of aryl methyl sites for hydroxylation is 2. The van der Waals surface area contributed by atoms with E-state index in [1.165, 1.54) is 6.20 Å². The van der Waals surface area contributed by atoms with Gasteiger partial charge in [0.2, 0.25) is 5.95 Å². The van der Waals surface area contributed by atoms with Gasteiger partial charge in [-0.2, -0.15) is 0 Å². The number of aromatic nitrogens is 3. The first-order valence-corrected chi connectivity index (χ1v) is 5.67. The van der Waals surface area contributed by atoms with Crippen LogP contribution < -0.4 is 5.32 Å². The number of pyridine rings is 1. The van der Waals surface area contributed by atoms with Crippen LogP contribution in [0, 0.1) is 13.8 Å². The Bertz CT molecular complexity index is 563. The van der Waals surface area contributed by atoms with E-state index in [1.54, 1.807) is 12.1 Å². The van der Waals surface area contributed by atoms with Crippen LogP contribution in [0.2, 0.25) is 5.15 Å². The Morgan fingerprint density at radius 2 is 1.89 bits per heavy atom. The molecule has 0 atom stereocenters. The van der Waals surface area contributed by atoms with Crippen molar-refractivity contribution < 1.29 is 4.79 Å². The highest BCUT2D eigenvalue weighted by atomic mass is 35.5. The van der Waals surface area contributed by atoms with E-state index in [-0.39, 0.29) is 11.9 Å². The lowest BCUT2D eigenvalue weighted by Gasteiger charge is -2.05. The van der Waals surface area contributed by atoms with Crippen LogP contribution in [-0.4, -0.2) is 20.9 Å². The molecule has 0 spiro atoms. The molecule has 92 valence electrons. The van der Waals surface area contributed by atoms with Gasteiger partial charge in [-0.25, -0.2) is 15.0 Å². The Kier molecular flexibility index (Phi) is 3.53. The normalized spacial score (nSPS) is 10.2. The molecular weight excluding hydrogens is 252 g/mol. The van der Waals surface area contributed by atoms with Gasteiger partial charge < -0.3 is 0 Å². The summed E-state index contributed by atoms with van der Waals surface area (Å²) in [6.45, 7) is 3.68. The maximum atomic E-state index is 11.9. The van der Waals surface area contributed by atoms with Crippen molar-refractivity contribution in [1.82, 2.24) is 15.0 Å². The summed E-state index contributed by atoms with van der Waals surface area (Å²) in [5, 5.41) is 2.96. The van der Waals surface area contributed by atoms with Gasteiger partial charge >= 0.3 is 0 Å². The van der Waals surface area contributed by atoms with Crippen LogP contribution in [0.25, 0.3) is 0 Å². The lowest BCUT2D eigenvalue weighted by molar-refractivity contribution is 0.102. The molecule has 18 heavy (non-hydrogen) atoms. The predicted octanol–water partition coefficient (Wildman–Crippen LogP) is 2.39. The molecule has 0 fully saturated rings. The van der Waals surface area contributed by atoms with E-state index in [4.69, 9.17) is 11.6 Å². The van der Waals surface area contributed by atoms with Crippen molar-refractivity contribution in [2.75, 3.05) is 5.32 Å². The molecule has 6 heteroatoms. The number of carbonyl (C=O) groups excluding carboxylic acids is 1. The van der Waals surface area contributed by atoms with Gasteiger partial charge in [0.1, 0.15) is 5.15 Å². The molecule has 2 aromatic heterocycles. The van der Waals surface area contributed by atoms with Gasteiger partial charge in [0.05, 0.1) is 5.56 Å². The number of hydrogen-bond acceptors (Lipinski definition) is 4. The third-order valence-corrected chi connectivity index (χ3v) is 2.42. The second-order valence-electron chi connectivity index (χ2n) is 3.80. The molecule has 0 unspecified atom stereocenters. The summed E-state index contributed by atoms with van der Waals surface area (Å²) in [5.74, 6) is -0.0309. The number of nitrogens with one attached hydrogen (secondary N) is 1. The highest BCUT2D eigenvalue weighted by Gasteiger charge is 2.08. The first-order chi connectivity index (χ1) is 8.54. The van der Waals surface area contributed by atoms with Crippen molar-refractivity contribution in [3.8, 4) is 0 Å². The van der Waals surface area contributed by atoms with Gasteiger partial charge in [-0.15, -0.1) is 0 Å². The number of halogens is 1. The Morgan fingerprint density at radius 3 is 2.44 bits per heavy atom. The number of anilines is 1. The second kappa shape index (κ2) is 5.10. The van der Waals surface area contributed by atoms with Crippen LogP contribution in [0.3, 0.4) is 0 Å². The van der Waals surface area contributed by atoms with E-state index in [2.05, 4.69) is 20.3 Å². The first kappa shape index (κ1) is 12.4. The Balaban J connectivity index is 2.18. The maximum absolute atomic E-state index is 11.9. The lowest BCUT2D eigenvalue weighted by Crippen LogP contribution is -2.15. The second-order valence-corrected chi connectivity index (χ2v) is 4.19. The molecule has 0 aliphatic heterocycles. The van der Waals surface area contributed by atoms with Crippen molar-refractivity contribution in [2.24, 2.45) is 0 Å². The van der Waals surface area contributed by atoms with E-state index < -0.39 is 0 Å². The van der Waals surface area contributed by atoms with Gasteiger partial charge in [-0.05, 0) is 32.0 Å². The van der Waals surface area contributed by atoms with Crippen LogP contribution in [0.15, 0.2) is 24.4 Å². The quantitative estimate of drug-likeness (QED) is 0.844. The monoisotopic (exact) mass is 262 g/mol. The number of hydrogen-bond donors (Lipinski definition) is 1. The van der Waals surface area contributed by atoms with Crippen LogP contribution >= 0.6 is 11.6 Å². The maximum Gasteiger partial charge on any atom is 0.259 e. The molecule has 0 aliphatic rings. The summed E-state index contributed by atoms with van der Waals surface area (Å²) >= 11 is 5.65. The Labute approximate surface area is 109 Å². The summed E-state index contributed by atoms with van der Waals surface area (Å²) < 4.78 is 0.